The third-order valence-corrected chi connectivity index (χ3v) is 1.74. The topological polar surface area (TPSA) is 0 Å². The van der Waals surface area contributed by atoms with Crippen molar-refractivity contribution >= 4 is 11.6 Å². The number of hydrogen-bond donors (Lipinski definition) is 0. The molecule has 0 spiro atoms. The highest BCUT2D eigenvalue weighted by Crippen LogP contribution is 2.11. The van der Waals surface area contributed by atoms with Crippen molar-refractivity contribution < 1.29 is 4.39 Å². The Hall–Kier alpha value is 0.220. The fourth-order valence-electron chi connectivity index (χ4n) is 0.902. The Morgan fingerprint density at radius 1 is 1.20 bits per heavy atom. The molecule has 0 amide bonds. The number of unbranched alkanes of at least 4 members (excludes halogenated alkanes) is 4. The fraction of sp³-hybridized carbons (Fsp3) is 1.00. The lowest BCUT2D eigenvalue weighted by atomic mass is 10.1. The summed E-state index contributed by atoms with van der Waals surface area (Å²) in [7, 11) is 0. The van der Waals surface area contributed by atoms with E-state index in [-0.39, 0.29) is 0 Å². The van der Waals surface area contributed by atoms with E-state index in [9.17, 15) is 4.39 Å². The predicted octanol–water partition coefficient (Wildman–Crippen LogP) is 3.88. The molecule has 10 heavy (non-hydrogen) atoms. The SMILES string of the molecule is CCCCCCCC(F)Cl. The Morgan fingerprint density at radius 2 is 1.80 bits per heavy atom. The molecule has 1 unspecified atom stereocenters. The van der Waals surface area contributed by atoms with E-state index in [0.717, 1.165) is 12.8 Å². The summed E-state index contributed by atoms with van der Waals surface area (Å²) >= 11 is 5.12. The van der Waals surface area contributed by atoms with Crippen LogP contribution in [-0.4, -0.2) is 5.63 Å². The highest BCUT2D eigenvalue weighted by Gasteiger charge is 1.98. The second-order valence-electron chi connectivity index (χ2n) is 2.59. The van der Waals surface area contributed by atoms with Crippen LogP contribution >= 0.6 is 11.6 Å². The van der Waals surface area contributed by atoms with Crippen LogP contribution in [0.3, 0.4) is 0 Å². The van der Waals surface area contributed by atoms with Gasteiger partial charge in [-0.3, -0.25) is 0 Å². The lowest BCUT2D eigenvalue weighted by molar-refractivity contribution is 0.404. The standard InChI is InChI=1S/C8H16ClF/c1-2-3-4-5-6-7-8(9)10/h8H,2-7H2,1H3. The van der Waals surface area contributed by atoms with Gasteiger partial charge >= 0.3 is 0 Å². The van der Waals surface area contributed by atoms with Crippen molar-refractivity contribution in [1.29, 1.82) is 0 Å². The molecule has 0 N–H and O–H groups in total. The summed E-state index contributed by atoms with van der Waals surface area (Å²) in [6.45, 7) is 2.17. The van der Waals surface area contributed by atoms with Crippen molar-refractivity contribution in [2.75, 3.05) is 0 Å². The highest BCUT2D eigenvalue weighted by atomic mass is 35.5. The smallest absolute Gasteiger partial charge is 0.173 e. The van der Waals surface area contributed by atoms with Gasteiger partial charge in [0, 0.05) is 0 Å². The first-order chi connectivity index (χ1) is 4.77. The van der Waals surface area contributed by atoms with Crippen LogP contribution in [0.4, 0.5) is 4.39 Å². The molecule has 0 radical (unpaired) electrons. The summed E-state index contributed by atoms with van der Waals surface area (Å²) in [5, 5.41) is 0. The van der Waals surface area contributed by atoms with Gasteiger partial charge in [0.05, 0.1) is 0 Å². The van der Waals surface area contributed by atoms with E-state index in [1.165, 1.54) is 19.3 Å². The first-order valence-electron chi connectivity index (χ1n) is 4.05. The van der Waals surface area contributed by atoms with Gasteiger partial charge in [-0.25, -0.2) is 4.39 Å². The number of hydrogen-bond acceptors (Lipinski definition) is 0. The first-order valence-corrected chi connectivity index (χ1v) is 4.49. The minimum atomic E-state index is -1.12. The zero-order valence-corrected chi connectivity index (χ0v) is 7.33. The minimum absolute atomic E-state index is 0.519. The zero-order valence-electron chi connectivity index (χ0n) is 6.58. The molecule has 0 aromatic carbocycles. The van der Waals surface area contributed by atoms with Gasteiger partial charge in [-0.05, 0) is 12.8 Å². The highest BCUT2D eigenvalue weighted by molar-refractivity contribution is 6.19. The third kappa shape index (κ3) is 8.22. The molecule has 0 saturated carbocycles. The maximum Gasteiger partial charge on any atom is 0.173 e. The van der Waals surface area contributed by atoms with Crippen molar-refractivity contribution in [1.82, 2.24) is 0 Å². The monoisotopic (exact) mass is 166 g/mol. The molecule has 0 nitrogen and oxygen atoms in total. The summed E-state index contributed by atoms with van der Waals surface area (Å²) < 4.78 is 12.0. The van der Waals surface area contributed by atoms with E-state index in [4.69, 9.17) is 11.6 Å². The van der Waals surface area contributed by atoms with E-state index >= 15 is 0 Å². The molecule has 0 fully saturated rings. The van der Waals surface area contributed by atoms with Crippen molar-refractivity contribution in [2.24, 2.45) is 0 Å². The van der Waals surface area contributed by atoms with Crippen molar-refractivity contribution in [3.8, 4) is 0 Å². The molecule has 0 saturated heterocycles. The maximum atomic E-state index is 12.0. The molecular formula is C8H16ClF. The number of rotatable bonds is 6. The molecule has 0 heterocycles. The van der Waals surface area contributed by atoms with Gasteiger partial charge in [-0.2, -0.15) is 0 Å². The second-order valence-corrected chi connectivity index (χ2v) is 3.07. The van der Waals surface area contributed by atoms with E-state index in [2.05, 4.69) is 6.92 Å². The summed E-state index contributed by atoms with van der Waals surface area (Å²) in [4.78, 5) is 0. The fourth-order valence-corrected chi connectivity index (χ4v) is 1.06. The molecule has 0 rings (SSSR count). The molecule has 0 aliphatic rings. The van der Waals surface area contributed by atoms with E-state index in [1.54, 1.807) is 0 Å². The van der Waals surface area contributed by atoms with Gasteiger partial charge in [0.15, 0.2) is 5.63 Å². The molecule has 0 bridgehead atoms. The van der Waals surface area contributed by atoms with Crippen LogP contribution in [0.2, 0.25) is 0 Å². The maximum absolute atomic E-state index is 12.0. The average Bonchev–Trinajstić information content (AvgIpc) is 1.87. The lowest BCUT2D eigenvalue weighted by Gasteiger charge is -1.98. The minimum Gasteiger partial charge on any atom is -0.230 e. The Morgan fingerprint density at radius 3 is 2.30 bits per heavy atom. The zero-order chi connectivity index (χ0) is 7.82. The molecule has 0 aromatic rings. The van der Waals surface area contributed by atoms with Crippen LogP contribution < -0.4 is 0 Å². The molecule has 1 atom stereocenters. The van der Waals surface area contributed by atoms with Gasteiger partial charge in [0.2, 0.25) is 0 Å². The quantitative estimate of drug-likeness (QED) is 0.415. The molecule has 0 aliphatic carbocycles. The molecule has 2 heteroatoms. The Bertz CT molecular complexity index is 64.3. The average molecular weight is 167 g/mol. The van der Waals surface area contributed by atoms with Crippen LogP contribution in [0.25, 0.3) is 0 Å². The summed E-state index contributed by atoms with van der Waals surface area (Å²) in [5.41, 5.74) is -1.12. The van der Waals surface area contributed by atoms with Crippen LogP contribution in [0.5, 0.6) is 0 Å². The van der Waals surface area contributed by atoms with Crippen LogP contribution in [0.15, 0.2) is 0 Å². The number of halogens is 2. The van der Waals surface area contributed by atoms with Gasteiger partial charge < -0.3 is 0 Å². The van der Waals surface area contributed by atoms with Crippen LogP contribution in [0.1, 0.15) is 45.4 Å². The van der Waals surface area contributed by atoms with Crippen LogP contribution in [0, 0.1) is 0 Å². The molecule has 0 aliphatic heterocycles. The normalized spacial score (nSPS) is 13.5. The van der Waals surface area contributed by atoms with E-state index < -0.39 is 5.63 Å². The Kier molecular flexibility index (Phi) is 7.49. The summed E-state index contributed by atoms with van der Waals surface area (Å²) in [6.07, 6.45) is 6.30. The lowest BCUT2D eigenvalue weighted by Crippen LogP contribution is -1.87. The van der Waals surface area contributed by atoms with Crippen molar-refractivity contribution in [2.45, 2.75) is 51.1 Å². The largest absolute Gasteiger partial charge is 0.230 e. The van der Waals surface area contributed by atoms with Gasteiger partial charge in [-0.15, -0.1) is 0 Å². The summed E-state index contributed by atoms with van der Waals surface area (Å²) in [6, 6.07) is 0. The molecular weight excluding hydrogens is 151 g/mol. The third-order valence-electron chi connectivity index (χ3n) is 1.53. The first kappa shape index (κ1) is 10.2. The van der Waals surface area contributed by atoms with E-state index in [0.29, 0.717) is 6.42 Å². The molecule has 62 valence electrons. The number of alkyl halides is 2. The summed E-state index contributed by atoms with van der Waals surface area (Å²) in [5.74, 6) is 0. The molecule has 0 aromatic heterocycles. The van der Waals surface area contributed by atoms with Gasteiger partial charge in [-0.1, -0.05) is 44.2 Å². The Labute approximate surface area is 67.8 Å². The second kappa shape index (κ2) is 7.33. The van der Waals surface area contributed by atoms with Crippen molar-refractivity contribution in [3.05, 3.63) is 0 Å². The Balaban J connectivity index is 2.77. The van der Waals surface area contributed by atoms with Gasteiger partial charge in [0.1, 0.15) is 0 Å². The predicted molar refractivity (Wildman–Crippen MR) is 44.1 cm³/mol. The van der Waals surface area contributed by atoms with Gasteiger partial charge in [0.25, 0.3) is 0 Å². The van der Waals surface area contributed by atoms with Crippen molar-refractivity contribution in [3.63, 3.8) is 0 Å². The van der Waals surface area contributed by atoms with E-state index in [1.807, 2.05) is 0 Å². The van der Waals surface area contributed by atoms with Crippen LogP contribution in [-0.2, 0) is 0 Å².